The summed E-state index contributed by atoms with van der Waals surface area (Å²) in [6, 6.07) is 0. The average Bonchev–Trinajstić information content (AvgIpc) is 3.49. The van der Waals surface area contributed by atoms with Crippen LogP contribution in [0.5, 0.6) is 0 Å². The van der Waals surface area contributed by atoms with Crippen molar-refractivity contribution in [3.8, 4) is 0 Å². The first-order valence-corrected chi connectivity index (χ1v) is 37.1. The summed E-state index contributed by atoms with van der Waals surface area (Å²) in [6.45, 7) is 6.61. The molecule has 0 aromatic heterocycles. The monoisotopic (exact) mass is 1160 g/mol. The maximum Gasteiger partial charge on any atom is 0.306 e. The molecule has 0 heterocycles. The smallest absolute Gasteiger partial charge is 0.306 e. The van der Waals surface area contributed by atoms with Gasteiger partial charge in [0.1, 0.15) is 13.2 Å². The Bertz CT molecular complexity index is 1430. The SMILES string of the molecule is CC/C=C\C/C=C\C/C=C\C/C=C\CCCCCCCCCCCCCCC(=O)OC(COC(=O)CCCCCCCCCCCCCCCC)COC(=O)CCCCCCCCCCCCCCCCCCCCCCCCCCCC. The van der Waals surface area contributed by atoms with Crippen molar-refractivity contribution in [3.05, 3.63) is 48.6 Å². The maximum atomic E-state index is 13.0. The third-order valence-corrected chi connectivity index (χ3v) is 16.8. The van der Waals surface area contributed by atoms with E-state index in [9.17, 15) is 14.4 Å². The second-order valence-electron chi connectivity index (χ2n) is 25.2. The van der Waals surface area contributed by atoms with Crippen LogP contribution < -0.4 is 0 Å². The fourth-order valence-electron chi connectivity index (χ4n) is 11.3. The van der Waals surface area contributed by atoms with Gasteiger partial charge in [0, 0.05) is 19.3 Å². The van der Waals surface area contributed by atoms with E-state index >= 15 is 0 Å². The van der Waals surface area contributed by atoms with Crippen LogP contribution in [0, 0.1) is 0 Å². The number of carbonyl (C=O) groups is 3. The van der Waals surface area contributed by atoms with E-state index in [1.165, 1.54) is 283 Å². The zero-order valence-electron chi connectivity index (χ0n) is 56.0. The molecular formula is C77H142O6. The Morgan fingerprint density at radius 2 is 0.470 bits per heavy atom. The van der Waals surface area contributed by atoms with Crippen LogP contribution in [0.25, 0.3) is 0 Å². The van der Waals surface area contributed by atoms with Crippen molar-refractivity contribution in [3.63, 3.8) is 0 Å². The molecule has 0 fully saturated rings. The normalized spacial score (nSPS) is 12.3. The highest BCUT2D eigenvalue weighted by Crippen LogP contribution is 2.19. The van der Waals surface area contributed by atoms with Crippen molar-refractivity contribution in [1.82, 2.24) is 0 Å². The van der Waals surface area contributed by atoms with Crippen LogP contribution >= 0.6 is 0 Å². The first-order valence-electron chi connectivity index (χ1n) is 37.1. The highest BCUT2D eigenvalue weighted by Gasteiger charge is 2.20. The molecule has 6 heteroatoms. The molecule has 1 atom stereocenters. The molecule has 0 amide bonds. The van der Waals surface area contributed by atoms with Crippen molar-refractivity contribution in [2.75, 3.05) is 13.2 Å². The summed E-state index contributed by atoms with van der Waals surface area (Å²) in [5.41, 5.74) is 0. The van der Waals surface area contributed by atoms with Gasteiger partial charge in [0.15, 0.2) is 6.10 Å². The predicted octanol–water partition coefficient (Wildman–Crippen LogP) is 25.7. The molecule has 0 aliphatic heterocycles. The Morgan fingerprint density at radius 3 is 0.735 bits per heavy atom. The lowest BCUT2D eigenvalue weighted by Crippen LogP contribution is -2.30. The number of allylic oxidation sites excluding steroid dienone is 8. The fourth-order valence-corrected chi connectivity index (χ4v) is 11.3. The number of hydrogen-bond acceptors (Lipinski definition) is 6. The highest BCUT2D eigenvalue weighted by molar-refractivity contribution is 5.71. The molecule has 0 saturated carbocycles. The first kappa shape index (κ1) is 80.4. The van der Waals surface area contributed by atoms with Crippen molar-refractivity contribution in [1.29, 1.82) is 0 Å². The molecule has 0 saturated heterocycles. The van der Waals surface area contributed by atoms with E-state index in [-0.39, 0.29) is 31.1 Å². The van der Waals surface area contributed by atoms with E-state index in [1.54, 1.807) is 0 Å². The minimum Gasteiger partial charge on any atom is -0.462 e. The molecule has 6 nitrogen and oxygen atoms in total. The predicted molar refractivity (Wildman–Crippen MR) is 362 cm³/mol. The topological polar surface area (TPSA) is 78.9 Å². The maximum absolute atomic E-state index is 13.0. The summed E-state index contributed by atoms with van der Waals surface area (Å²) < 4.78 is 17.0. The van der Waals surface area contributed by atoms with Gasteiger partial charge in [0.25, 0.3) is 0 Å². The summed E-state index contributed by atoms with van der Waals surface area (Å²) >= 11 is 0. The van der Waals surface area contributed by atoms with Gasteiger partial charge in [-0.25, -0.2) is 0 Å². The van der Waals surface area contributed by atoms with Crippen molar-refractivity contribution in [2.24, 2.45) is 0 Å². The summed E-state index contributed by atoms with van der Waals surface area (Å²) in [6.07, 6.45) is 91.5. The molecule has 0 aromatic carbocycles. The van der Waals surface area contributed by atoms with Gasteiger partial charge in [-0.3, -0.25) is 14.4 Å². The van der Waals surface area contributed by atoms with Crippen LogP contribution in [-0.2, 0) is 28.6 Å². The van der Waals surface area contributed by atoms with Crippen LogP contribution in [0.2, 0.25) is 0 Å². The Labute approximate surface area is 518 Å². The van der Waals surface area contributed by atoms with Crippen LogP contribution in [-0.4, -0.2) is 37.2 Å². The molecule has 0 aliphatic rings. The van der Waals surface area contributed by atoms with Crippen LogP contribution in [0.4, 0.5) is 0 Å². The van der Waals surface area contributed by atoms with Gasteiger partial charge in [0.2, 0.25) is 0 Å². The van der Waals surface area contributed by atoms with Gasteiger partial charge in [-0.05, 0) is 57.8 Å². The molecule has 486 valence electrons. The molecule has 0 aliphatic carbocycles. The zero-order valence-corrected chi connectivity index (χ0v) is 56.0. The number of hydrogen-bond donors (Lipinski definition) is 0. The van der Waals surface area contributed by atoms with Crippen LogP contribution in [0.1, 0.15) is 406 Å². The van der Waals surface area contributed by atoms with Crippen LogP contribution in [0.3, 0.4) is 0 Å². The first-order chi connectivity index (χ1) is 41.0. The van der Waals surface area contributed by atoms with Gasteiger partial charge in [-0.1, -0.05) is 378 Å². The Hall–Kier alpha value is -2.63. The number of rotatable bonds is 69. The van der Waals surface area contributed by atoms with Gasteiger partial charge < -0.3 is 14.2 Å². The van der Waals surface area contributed by atoms with E-state index < -0.39 is 6.10 Å². The Kier molecular flexibility index (Phi) is 69.6. The molecular weight excluding hydrogens is 1020 g/mol. The quantitative estimate of drug-likeness (QED) is 0.0261. The summed E-state index contributed by atoms with van der Waals surface area (Å²) in [4.78, 5) is 38.5. The largest absolute Gasteiger partial charge is 0.462 e. The standard InChI is InChI=1S/C77H142O6/c1-4-7-10-13-16-19-22-25-28-30-32-34-36-38-40-41-43-45-47-49-52-55-58-61-64-67-70-76(79)82-73-74(72-81-75(78)69-66-63-60-57-54-51-27-24-21-18-15-12-9-6-3)83-77(80)71-68-65-62-59-56-53-50-48-46-44-42-39-37-35-33-31-29-26-23-20-17-14-11-8-5-2/h8,11,17,20,26,29,33,35,74H,4-7,9-10,12-16,18-19,21-25,27-28,30-32,34,36-73H2,1-3H3/b11-8-,20-17-,29-26-,35-33-. The zero-order chi connectivity index (χ0) is 59.9. The minimum absolute atomic E-state index is 0.0672. The van der Waals surface area contributed by atoms with Gasteiger partial charge in [-0.2, -0.15) is 0 Å². The summed E-state index contributed by atoms with van der Waals surface area (Å²) in [5, 5.41) is 0. The van der Waals surface area contributed by atoms with E-state index in [0.29, 0.717) is 19.3 Å². The van der Waals surface area contributed by atoms with Gasteiger partial charge >= 0.3 is 17.9 Å². The second-order valence-corrected chi connectivity index (χ2v) is 25.2. The molecule has 0 radical (unpaired) electrons. The molecule has 0 spiro atoms. The van der Waals surface area contributed by atoms with Crippen molar-refractivity contribution >= 4 is 17.9 Å². The second kappa shape index (κ2) is 71.8. The van der Waals surface area contributed by atoms with Gasteiger partial charge in [-0.15, -0.1) is 0 Å². The van der Waals surface area contributed by atoms with Gasteiger partial charge in [0.05, 0.1) is 0 Å². The molecule has 0 N–H and O–H groups in total. The molecule has 0 aromatic rings. The van der Waals surface area contributed by atoms with Crippen LogP contribution in [0.15, 0.2) is 48.6 Å². The van der Waals surface area contributed by atoms with E-state index in [0.717, 1.165) is 83.5 Å². The Balaban J connectivity index is 4.23. The number of carbonyl (C=O) groups excluding carboxylic acids is 3. The summed E-state index contributed by atoms with van der Waals surface area (Å²) in [5.74, 6) is -0.837. The number of ether oxygens (including phenoxy) is 3. The van der Waals surface area contributed by atoms with E-state index in [2.05, 4.69) is 69.4 Å². The lowest BCUT2D eigenvalue weighted by molar-refractivity contribution is -0.167. The lowest BCUT2D eigenvalue weighted by Gasteiger charge is -2.18. The third kappa shape index (κ3) is 70.0. The van der Waals surface area contributed by atoms with E-state index in [4.69, 9.17) is 14.2 Å². The minimum atomic E-state index is -0.772. The third-order valence-electron chi connectivity index (χ3n) is 16.8. The lowest BCUT2D eigenvalue weighted by atomic mass is 10.0. The van der Waals surface area contributed by atoms with Crippen molar-refractivity contribution in [2.45, 2.75) is 412 Å². The average molecular weight is 1160 g/mol. The van der Waals surface area contributed by atoms with E-state index in [1.807, 2.05) is 0 Å². The summed E-state index contributed by atoms with van der Waals surface area (Å²) in [7, 11) is 0. The number of unbranched alkanes of at least 4 members (excludes halogenated alkanes) is 50. The number of esters is 3. The Morgan fingerprint density at radius 1 is 0.253 bits per heavy atom. The van der Waals surface area contributed by atoms with Crippen molar-refractivity contribution < 1.29 is 28.6 Å². The molecule has 83 heavy (non-hydrogen) atoms. The molecule has 0 rings (SSSR count). The highest BCUT2D eigenvalue weighted by atomic mass is 16.6. The molecule has 0 bridgehead atoms. The fraction of sp³-hybridized carbons (Fsp3) is 0.857. The molecule has 1 unspecified atom stereocenters.